The predicted octanol–water partition coefficient (Wildman–Crippen LogP) is 5.39. The summed E-state index contributed by atoms with van der Waals surface area (Å²) < 4.78 is 11.4. The molecule has 0 aliphatic heterocycles. The SMILES string of the molecule is COc1cc(CNc2cc(Cl)ccc2Cl)cc(Br)c1OC. The van der Waals surface area contributed by atoms with Crippen LogP contribution in [0.2, 0.25) is 10.0 Å². The van der Waals surface area contributed by atoms with Crippen molar-refractivity contribution in [3.8, 4) is 11.5 Å². The lowest BCUT2D eigenvalue weighted by Crippen LogP contribution is -2.01. The van der Waals surface area contributed by atoms with Crippen LogP contribution in [-0.4, -0.2) is 14.2 Å². The highest BCUT2D eigenvalue weighted by Gasteiger charge is 2.10. The lowest BCUT2D eigenvalue weighted by Gasteiger charge is -2.13. The molecule has 0 unspecified atom stereocenters. The standard InChI is InChI=1S/C15H14BrCl2NO2/c1-20-14-6-9(5-11(16)15(14)21-2)8-19-13-7-10(17)3-4-12(13)18/h3-7,19H,8H2,1-2H3. The first kappa shape index (κ1) is 16.3. The van der Waals surface area contributed by atoms with E-state index in [4.69, 9.17) is 32.7 Å². The quantitative estimate of drug-likeness (QED) is 0.742. The van der Waals surface area contributed by atoms with Gasteiger partial charge in [-0.05, 0) is 51.8 Å². The fraction of sp³-hybridized carbons (Fsp3) is 0.200. The van der Waals surface area contributed by atoms with Crippen molar-refractivity contribution in [1.29, 1.82) is 0 Å². The molecule has 2 aromatic carbocycles. The van der Waals surface area contributed by atoms with Gasteiger partial charge in [-0.3, -0.25) is 0 Å². The largest absolute Gasteiger partial charge is 0.493 e. The van der Waals surface area contributed by atoms with E-state index in [-0.39, 0.29) is 0 Å². The van der Waals surface area contributed by atoms with Gasteiger partial charge < -0.3 is 14.8 Å². The second-order valence-corrected chi connectivity index (χ2v) is 5.99. The molecule has 1 N–H and O–H groups in total. The Hall–Kier alpha value is -1.10. The van der Waals surface area contributed by atoms with Crippen molar-refractivity contribution in [2.75, 3.05) is 19.5 Å². The molecule has 0 fully saturated rings. The number of hydrogen-bond acceptors (Lipinski definition) is 3. The summed E-state index contributed by atoms with van der Waals surface area (Å²) >= 11 is 15.6. The maximum Gasteiger partial charge on any atom is 0.174 e. The van der Waals surface area contributed by atoms with Crippen LogP contribution in [0.4, 0.5) is 5.69 Å². The zero-order valence-electron chi connectivity index (χ0n) is 11.5. The number of nitrogens with one attached hydrogen (secondary N) is 1. The molecule has 2 rings (SSSR count). The molecule has 6 heteroatoms. The van der Waals surface area contributed by atoms with E-state index in [1.165, 1.54) is 0 Å². The molecule has 0 atom stereocenters. The van der Waals surface area contributed by atoms with Gasteiger partial charge in [0.15, 0.2) is 11.5 Å². The van der Waals surface area contributed by atoms with Gasteiger partial charge in [-0.15, -0.1) is 0 Å². The van der Waals surface area contributed by atoms with Crippen LogP contribution >= 0.6 is 39.1 Å². The van der Waals surface area contributed by atoms with Gasteiger partial charge >= 0.3 is 0 Å². The van der Waals surface area contributed by atoms with E-state index in [9.17, 15) is 0 Å². The average molecular weight is 391 g/mol. The van der Waals surface area contributed by atoms with Crippen molar-refractivity contribution < 1.29 is 9.47 Å². The highest BCUT2D eigenvalue weighted by atomic mass is 79.9. The van der Waals surface area contributed by atoms with Crippen LogP contribution in [0.3, 0.4) is 0 Å². The Labute approximate surface area is 142 Å². The summed E-state index contributed by atoms with van der Waals surface area (Å²) in [6.07, 6.45) is 0. The second-order valence-electron chi connectivity index (χ2n) is 4.29. The van der Waals surface area contributed by atoms with E-state index in [1.54, 1.807) is 32.4 Å². The van der Waals surface area contributed by atoms with Crippen LogP contribution in [0.5, 0.6) is 11.5 Å². The Morgan fingerprint density at radius 2 is 1.86 bits per heavy atom. The highest BCUT2D eigenvalue weighted by molar-refractivity contribution is 9.10. The summed E-state index contributed by atoms with van der Waals surface area (Å²) in [6.45, 7) is 0.582. The fourth-order valence-corrected chi connectivity index (χ4v) is 2.91. The van der Waals surface area contributed by atoms with Gasteiger partial charge in [-0.2, -0.15) is 0 Å². The van der Waals surface area contributed by atoms with Crippen molar-refractivity contribution in [2.45, 2.75) is 6.54 Å². The van der Waals surface area contributed by atoms with E-state index in [1.807, 2.05) is 12.1 Å². The zero-order valence-corrected chi connectivity index (χ0v) is 14.6. The van der Waals surface area contributed by atoms with E-state index in [0.717, 1.165) is 15.7 Å². The van der Waals surface area contributed by atoms with Crippen molar-refractivity contribution in [2.24, 2.45) is 0 Å². The van der Waals surface area contributed by atoms with E-state index in [2.05, 4.69) is 21.2 Å². The Bertz CT molecular complexity index is 650. The number of methoxy groups -OCH3 is 2. The third kappa shape index (κ3) is 3.96. The Morgan fingerprint density at radius 3 is 2.52 bits per heavy atom. The van der Waals surface area contributed by atoms with Crippen LogP contribution in [0.1, 0.15) is 5.56 Å². The average Bonchev–Trinajstić information content (AvgIpc) is 2.47. The van der Waals surface area contributed by atoms with Gasteiger partial charge in [-0.1, -0.05) is 23.2 Å². The number of hydrogen-bond donors (Lipinski definition) is 1. The predicted molar refractivity (Wildman–Crippen MR) is 91.0 cm³/mol. The minimum Gasteiger partial charge on any atom is -0.493 e. The second kappa shape index (κ2) is 7.25. The molecule has 0 spiro atoms. The molecular weight excluding hydrogens is 377 g/mol. The molecule has 0 aromatic heterocycles. The van der Waals surface area contributed by atoms with Crippen LogP contribution in [-0.2, 0) is 6.54 Å². The molecule has 112 valence electrons. The topological polar surface area (TPSA) is 30.5 Å². The molecule has 0 bridgehead atoms. The third-order valence-corrected chi connectivity index (χ3v) is 4.06. The van der Waals surface area contributed by atoms with Crippen molar-refractivity contribution >= 4 is 44.8 Å². The van der Waals surface area contributed by atoms with Crippen LogP contribution in [0.15, 0.2) is 34.8 Å². The number of anilines is 1. The Balaban J connectivity index is 2.20. The lowest BCUT2D eigenvalue weighted by atomic mass is 10.2. The summed E-state index contributed by atoms with van der Waals surface area (Å²) in [5.74, 6) is 1.34. The van der Waals surface area contributed by atoms with Crippen LogP contribution < -0.4 is 14.8 Å². The van der Waals surface area contributed by atoms with Gasteiger partial charge in [0.05, 0.1) is 29.4 Å². The molecular formula is C15H14BrCl2NO2. The smallest absolute Gasteiger partial charge is 0.174 e. The van der Waals surface area contributed by atoms with Crippen LogP contribution in [0.25, 0.3) is 0 Å². The van der Waals surface area contributed by atoms with E-state index >= 15 is 0 Å². The Kier molecular flexibility index (Phi) is 5.62. The molecule has 2 aromatic rings. The van der Waals surface area contributed by atoms with E-state index in [0.29, 0.717) is 28.1 Å². The molecule has 21 heavy (non-hydrogen) atoms. The zero-order chi connectivity index (χ0) is 15.4. The van der Waals surface area contributed by atoms with Gasteiger partial charge in [0.25, 0.3) is 0 Å². The minimum absolute atomic E-state index is 0.582. The summed E-state index contributed by atoms with van der Waals surface area (Å²) in [5.41, 5.74) is 1.81. The summed E-state index contributed by atoms with van der Waals surface area (Å²) in [5, 5.41) is 4.51. The molecule has 0 saturated heterocycles. The van der Waals surface area contributed by atoms with Gasteiger partial charge in [0.1, 0.15) is 0 Å². The number of rotatable bonds is 5. The van der Waals surface area contributed by atoms with Crippen molar-refractivity contribution in [3.63, 3.8) is 0 Å². The fourth-order valence-electron chi connectivity index (χ4n) is 1.90. The maximum absolute atomic E-state index is 6.12. The molecule has 0 aliphatic carbocycles. The first-order valence-electron chi connectivity index (χ1n) is 6.14. The van der Waals surface area contributed by atoms with Crippen molar-refractivity contribution in [1.82, 2.24) is 0 Å². The summed E-state index contributed by atoms with van der Waals surface area (Å²) in [4.78, 5) is 0. The van der Waals surface area contributed by atoms with Gasteiger partial charge in [0.2, 0.25) is 0 Å². The molecule has 0 amide bonds. The summed E-state index contributed by atoms with van der Waals surface area (Å²) in [6, 6.07) is 9.18. The highest BCUT2D eigenvalue weighted by Crippen LogP contribution is 2.36. The number of halogens is 3. The van der Waals surface area contributed by atoms with Gasteiger partial charge in [0, 0.05) is 11.6 Å². The first-order chi connectivity index (χ1) is 10.0. The molecule has 0 saturated carbocycles. The molecule has 0 radical (unpaired) electrons. The van der Waals surface area contributed by atoms with Crippen LogP contribution in [0, 0.1) is 0 Å². The normalized spacial score (nSPS) is 10.3. The monoisotopic (exact) mass is 389 g/mol. The number of benzene rings is 2. The minimum atomic E-state index is 0.582. The summed E-state index contributed by atoms with van der Waals surface area (Å²) in [7, 11) is 3.21. The number of ether oxygens (including phenoxy) is 2. The molecule has 0 heterocycles. The maximum atomic E-state index is 6.12. The van der Waals surface area contributed by atoms with Crippen molar-refractivity contribution in [3.05, 3.63) is 50.4 Å². The first-order valence-corrected chi connectivity index (χ1v) is 7.69. The van der Waals surface area contributed by atoms with Gasteiger partial charge in [-0.25, -0.2) is 0 Å². The molecule has 0 aliphatic rings. The van der Waals surface area contributed by atoms with E-state index < -0.39 is 0 Å². The lowest BCUT2D eigenvalue weighted by molar-refractivity contribution is 0.352. The Morgan fingerprint density at radius 1 is 1.10 bits per heavy atom. The third-order valence-electron chi connectivity index (χ3n) is 2.90. The molecule has 3 nitrogen and oxygen atoms in total.